The molecule has 1 atom stereocenters. The van der Waals surface area contributed by atoms with Gasteiger partial charge in [0.25, 0.3) is 0 Å². The molecule has 0 aliphatic rings. The fourth-order valence-corrected chi connectivity index (χ4v) is 1.70. The molecule has 0 aromatic heterocycles. The molecular weight excluding hydrogens is 216 g/mol. The van der Waals surface area contributed by atoms with Crippen molar-refractivity contribution in [3.63, 3.8) is 0 Å². The van der Waals surface area contributed by atoms with Crippen LogP contribution < -0.4 is 0 Å². The molecule has 94 valence electrons. The van der Waals surface area contributed by atoms with E-state index in [-0.39, 0.29) is 12.3 Å². The van der Waals surface area contributed by atoms with Crippen molar-refractivity contribution in [2.45, 2.75) is 32.8 Å². The average molecular weight is 236 g/mol. The van der Waals surface area contributed by atoms with Crippen molar-refractivity contribution in [3.8, 4) is 0 Å². The molecule has 1 rings (SSSR count). The number of ether oxygens (including phenoxy) is 1. The van der Waals surface area contributed by atoms with E-state index >= 15 is 0 Å². The molecule has 0 fully saturated rings. The van der Waals surface area contributed by atoms with Crippen LogP contribution in [0.5, 0.6) is 0 Å². The zero-order valence-electron chi connectivity index (χ0n) is 10.3. The predicted molar refractivity (Wildman–Crippen MR) is 66.7 cm³/mol. The van der Waals surface area contributed by atoms with E-state index in [1.54, 1.807) is 0 Å². The van der Waals surface area contributed by atoms with Gasteiger partial charge in [0.1, 0.15) is 0 Å². The fraction of sp³-hybridized carbons (Fsp3) is 0.500. The van der Waals surface area contributed by atoms with Crippen molar-refractivity contribution in [1.29, 1.82) is 0 Å². The molecule has 17 heavy (non-hydrogen) atoms. The first-order valence-electron chi connectivity index (χ1n) is 6.02. The Morgan fingerprint density at radius 2 is 2.06 bits per heavy atom. The molecule has 0 saturated heterocycles. The van der Waals surface area contributed by atoms with Gasteiger partial charge in [0.2, 0.25) is 0 Å². The van der Waals surface area contributed by atoms with Crippen molar-refractivity contribution in [2.75, 3.05) is 6.61 Å². The van der Waals surface area contributed by atoms with Gasteiger partial charge in [-0.05, 0) is 24.3 Å². The van der Waals surface area contributed by atoms with Crippen molar-refractivity contribution >= 4 is 5.97 Å². The Morgan fingerprint density at radius 1 is 1.35 bits per heavy atom. The Hall–Kier alpha value is -1.35. The lowest BCUT2D eigenvalue weighted by Gasteiger charge is -2.08. The normalized spacial score (nSPS) is 12.3. The van der Waals surface area contributed by atoms with E-state index in [1.807, 2.05) is 37.3 Å². The van der Waals surface area contributed by atoms with Crippen LogP contribution in [-0.2, 0) is 16.1 Å². The highest BCUT2D eigenvalue weighted by Crippen LogP contribution is 2.10. The fourth-order valence-electron chi connectivity index (χ4n) is 1.70. The van der Waals surface area contributed by atoms with E-state index in [1.165, 1.54) is 5.56 Å². The highest BCUT2D eigenvalue weighted by Gasteiger charge is 2.06. The number of benzene rings is 1. The van der Waals surface area contributed by atoms with E-state index in [4.69, 9.17) is 9.84 Å². The third-order valence-electron chi connectivity index (χ3n) is 2.62. The van der Waals surface area contributed by atoms with Crippen LogP contribution in [0.25, 0.3) is 0 Å². The second kappa shape index (κ2) is 7.85. The summed E-state index contributed by atoms with van der Waals surface area (Å²) in [5.74, 6) is -0.490. The summed E-state index contributed by atoms with van der Waals surface area (Å²) in [6, 6.07) is 10.0. The zero-order valence-corrected chi connectivity index (χ0v) is 10.3. The summed E-state index contributed by atoms with van der Waals surface area (Å²) in [5.41, 5.74) is 1.17. The molecule has 0 saturated carbocycles. The Labute approximate surface area is 102 Å². The van der Waals surface area contributed by atoms with E-state index in [2.05, 4.69) is 0 Å². The molecule has 3 heteroatoms. The van der Waals surface area contributed by atoms with Gasteiger partial charge in [-0.1, -0.05) is 37.3 Å². The monoisotopic (exact) mass is 236 g/mol. The molecule has 1 unspecified atom stereocenters. The molecule has 0 bridgehead atoms. The second-order valence-corrected chi connectivity index (χ2v) is 4.38. The first kappa shape index (κ1) is 13.7. The Morgan fingerprint density at radius 3 is 2.71 bits per heavy atom. The van der Waals surface area contributed by atoms with E-state index in [9.17, 15) is 4.79 Å². The van der Waals surface area contributed by atoms with Crippen LogP contribution in [0.2, 0.25) is 0 Å². The zero-order chi connectivity index (χ0) is 12.5. The van der Waals surface area contributed by atoms with Crippen molar-refractivity contribution in [2.24, 2.45) is 5.92 Å². The van der Waals surface area contributed by atoms with Crippen LogP contribution in [-0.4, -0.2) is 17.7 Å². The first-order valence-corrected chi connectivity index (χ1v) is 6.02. The van der Waals surface area contributed by atoms with Crippen LogP contribution in [0.1, 0.15) is 31.7 Å². The second-order valence-electron chi connectivity index (χ2n) is 4.38. The number of aliphatic carboxylic acids is 1. The van der Waals surface area contributed by atoms with Crippen LogP contribution in [0.4, 0.5) is 0 Å². The number of rotatable bonds is 8. The number of hydrogen-bond donors (Lipinski definition) is 1. The lowest BCUT2D eigenvalue weighted by molar-refractivity contribution is -0.138. The number of carboxylic acid groups (broad SMARTS) is 1. The van der Waals surface area contributed by atoms with Crippen LogP contribution in [0, 0.1) is 5.92 Å². The minimum atomic E-state index is -0.720. The van der Waals surface area contributed by atoms with Gasteiger partial charge in [-0.15, -0.1) is 0 Å². The molecular formula is C14H20O3. The summed E-state index contributed by atoms with van der Waals surface area (Å²) in [7, 11) is 0. The van der Waals surface area contributed by atoms with Gasteiger partial charge in [0, 0.05) is 13.0 Å². The lowest BCUT2D eigenvalue weighted by atomic mass is 10.0. The maximum Gasteiger partial charge on any atom is 0.303 e. The van der Waals surface area contributed by atoms with Crippen molar-refractivity contribution in [1.82, 2.24) is 0 Å². The molecule has 0 heterocycles. The molecule has 1 aromatic carbocycles. The third kappa shape index (κ3) is 6.74. The Bertz CT molecular complexity index is 321. The maximum atomic E-state index is 10.5. The van der Waals surface area contributed by atoms with Gasteiger partial charge in [0.05, 0.1) is 6.61 Å². The van der Waals surface area contributed by atoms with Crippen molar-refractivity contribution in [3.05, 3.63) is 35.9 Å². The topological polar surface area (TPSA) is 46.5 Å². The number of carbonyl (C=O) groups is 1. The summed E-state index contributed by atoms with van der Waals surface area (Å²) in [5, 5.41) is 8.60. The van der Waals surface area contributed by atoms with Gasteiger partial charge in [-0.2, -0.15) is 0 Å². The highest BCUT2D eigenvalue weighted by atomic mass is 16.5. The molecule has 0 aliphatic heterocycles. The largest absolute Gasteiger partial charge is 0.481 e. The quantitative estimate of drug-likeness (QED) is 0.705. The number of hydrogen-bond acceptors (Lipinski definition) is 2. The van der Waals surface area contributed by atoms with Gasteiger partial charge in [-0.3, -0.25) is 4.79 Å². The molecule has 0 spiro atoms. The summed E-state index contributed by atoms with van der Waals surface area (Å²) >= 11 is 0. The standard InChI is InChI=1S/C14H20O3/c1-12(10-14(15)16)6-5-9-17-11-13-7-3-2-4-8-13/h2-4,7-8,12H,5-6,9-11H2,1H3,(H,15,16). The minimum absolute atomic E-state index is 0.229. The highest BCUT2D eigenvalue weighted by molar-refractivity contribution is 5.66. The summed E-state index contributed by atoms with van der Waals surface area (Å²) < 4.78 is 5.53. The van der Waals surface area contributed by atoms with Crippen LogP contribution >= 0.6 is 0 Å². The smallest absolute Gasteiger partial charge is 0.303 e. The first-order chi connectivity index (χ1) is 8.18. The average Bonchev–Trinajstić information content (AvgIpc) is 2.29. The van der Waals surface area contributed by atoms with E-state index in [0.717, 1.165) is 12.8 Å². The van der Waals surface area contributed by atoms with Gasteiger partial charge in [0.15, 0.2) is 0 Å². The predicted octanol–water partition coefficient (Wildman–Crippen LogP) is 3.09. The van der Waals surface area contributed by atoms with Crippen LogP contribution in [0.3, 0.4) is 0 Å². The lowest BCUT2D eigenvalue weighted by Crippen LogP contribution is -2.05. The SMILES string of the molecule is CC(CCCOCc1ccccc1)CC(=O)O. The van der Waals surface area contributed by atoms with Crippen molar-refractivity contribution < 1.29 is 14.6 Å². The number of carboxylic acids is 1. The van der Waals surface area contributed by atoms with Gasteiger partial charge >= 0.3 is 5.97 Å². The minimum Gasteiger partial charge on any atom is -0.481 e. The van der Waals surface area contributed by atoms with Gasteiger partial charge in [-0.25, -0.2) is 0 Å². The summed E-state index contributed by atoms with van der Waals surface area (Å²) in [4.78, 5) is 10.5. The molecule has 3 nitrogen and oxygen atoms in total. The molecule has 0 aliphatic carbocycles. The van der Waals surface area contributed by atoms with E-state index in [0.29, 0.717) is 13.2 Å². The third-order valence-corrected chi connectivity index (χ3v) is 2.62. The molecule has 1 aromatic rings. The molecule has 0 amide bonds. The summed E-state index contributed by atoms with van der Waals surface area (Å²) in [6.07, 6.45) is 2.07. The van der Waals surface area contributed by atoms with E-state index < -0.39 is 5.97 Å². The maximum absolute atomic E-state index is 10.5. The van der Waals surface area contributed by atoms with Crippen LogP contribution in [0.15, 0.2) is 30.3 Å². The Kier molecular flexibility index (Phi) is 6.33. The molecule has 0 radical (unpaired) electrons. The van der Waals surface area contributed by atoms with Gasteiger partial charge < -0.3 is 9.84 Å². The Balaban J connectivity index is 2.03. The summed E-state index contributed by atoms with van der Waals surface area (Å²) in [6.45, 7) is 3.29. The molecule has 1 N–H and O–H groups in total.